The number of benzene rings is 2. The number of aryl methyl sites for hydroxylation is 1. The van der Waals surface area contributed by atoms with Crippen LogP contribution in [-0.4, -0.2) is 107 Å². The maximum atomic E-state index is 14.1. The molecule has 2 atom stereocenters. The van der Waals surface area contributed by atoms with Crippen molar-refractivity contribution in [2.75, 3.05) is 5.75 Å². The van der Waals surface area contributed by atoms with Gasteiger partial charge in [-0.1, -0.05) is 78.5 Å². The summed E-state index contributed by atoms with van der Waals surface area (Å²) < 4.78 is 6.84. The van der Waals surface area contributed by atoms with Crippen molar-refractivity contribution in [3.63, 3.8) is 0 Å². The number of hydrogen-bond acceptors (Lipinski definition) is 10. The van der Waals surface area contributed by atoms with E-state index in [1.165, 1.54) is 51.1 Å². The van der Waals surface area contributed by atoms with Crippen molar-refractivity contribution in [2.24, 2.45) is 0 Å². The van der Waals surface area contributed by atoms with E-state index in [4.69, 9.17) is 9.84 Å². The quantitative estimate of drug-likeness (QED) is 0.120. The fourth-order valence-electron chi connectivity index (χ4n) is 4.99. The number of carbonyl (C=O) groups excluding carboxylic acids is 3. The summed E-state index contributed by atoms with van der Waals surface area (Å²) in [4.78, 5) is 59.1. The normalized spacial score (nSPS) is 17.2. The average molecular weight is 718 g/mol. The molecule has 2 aliphatic heterocycles. The second-order valence-electron chi connectivity index (χ2n) is 10.2. The monoisotopic (exact) mass is 717 g/mol. The molecule has 2 amide bonds. The Hall–Kier alpha value is -2.27. The fraction of sp³-hybridized carbons (Fsp3) is 0.219. The number of nitrogens with one attached hydrogen (secondary N) is 1. The summed E-state index contributed by atoms with van der Waals surface area (Å²) in [7, 11) is 0. The Morgan fingerprint density at radius 3 is 2.35 bits per heavy atom. The van der Waals surface area contributed by atoms with Gasteiger partial charge in [0.15, 0.2) is 10.4 Å². The number of nitrogens with zero attached hydrogens (tertiary/aromatic N) is 2. The first-order valence-electron chi connectivity index (χ1n) is 14.0. The van der Waals surface area contributed by atoms with E-state index in [-0.39, 0.29) is 81.7 Å². The van der Waals surface area contributed by atoms with Crippen molar-refractivity contribution in [3.05, 3.63) is 116 Å². The van der Waals surface area contributed by atoms with Gasteiger partial charge < -0.3 is 15.2 Å². The number of thiazole rings is 1. The molecule has 2 N–H and O–H groups in total. The molecule has 4 aromatic rings. The average Bonchev–Trinajstić information content (AvgIpc) is 3.74. The van der Waals surface area contributed by atoms with Gasteiger partial charge in [0.2, 0.25) is 5.91 Å². The number of carboxylic acids is 1. The fourth-order valence-corrected chi connectivity index (χ4v) is 9.20. The SMILES string of the molecule is O=C(O)CCc1csc(SC2=C(C(=O)OC(c3ccccc3)c3ccccc3)N3C(=O)[C@@H](NC(=O)Cc4cccs4)[C@H]3SC2)n1.[KH]. The van der Waals surface area contributed by atoms with Gasteiger partial charge in [-0.3, -0.25) is 19.3 Å². The number of carboxylic acid groups (broad SMARTS) is 1. The number of thioether (sulfide) groups is 2. The van der Waals surface area contributed by atoms with E-state index in [0.29, 0.717) is 27.1 Å². The zero-order chi connectivity index (χ0) is 31.3. The van der Waals surface area contributed by atoms with Crippen LogP contribution < -0.4 is 5.32 Å². The number of ether oxygens (including phenoxy) is 1. The van der Waals surface area contributed by atoms with Crippen molar-refractivity contribution < 1.29 is 29.0 Å². The minimum atomic E-state index is -0.903. The van der Waals surface area contributed by atoms with Crippen LogP contribution in [0.5, 0.6) is 0 Å². The van der Waals surface area contributed by atoms with Crippen LogP contribution in [0, 0.1) is 0 Å². The van der Waals surface area contributed by atoms with Crippen molar-refractivity contribution in [1.29, 1.82) is 0 Å². The molecule has 0 spiro atoms. The third kappa shape index (κ3) is 8.23. The van der Waals surface area contributed by atoms with Crippen LogP contribution in [0.15, 0.2) is 98.5 Å². The predicted molar refractivity (Wildman–Crippen MR) is 182 cm³/mol. The molecule has 14 heteroatoms. The Bertz CT molecular complexity index is 1690. The summed E-state index contributed by atoms with van der Waals surface area (Å²) in [6.07, 6.45) is -0.278. The van der Waals surface area contributed by atoms with Gasteiger partial charge in [-0.25, -0.2) is 9.78 Å². The molecule has 4 heterocycles. The number of thiophene rings is 1. The molecule has 0 bridgehead atoms. The molecule has 0 saturated carbocycles. The molecule has 2 aromatic heterocycles. The minimum absolute atomic E-state index is 0. The predicted octanol–water partition coefficient (Wildman–Crippen LogP) is 4.85. The molecule has 1 saturated heterocycles. The summed E-state index contributed by atoms with van der Waals surface area (Å²) in [6.45, 7) is 0. The van der Waals surface area contributed by atoms with E-state index in [9.17, 15) is 19.2 Å². The molecule has 0 unspecified atom stereocenters. The van der Waals surface area contributed by atoms with Crippen molar-refractivity contribution in [2.45, 2.75) is 41.1 Å². The zero-order valence-electron chi connectivity index (χ0n) is 23.7. The molecular weight excluding hydrogens is 690 g/mol. The summed E-state index contributed by atoms with van der Waals surface area (Å²) in [5.74, 6) is -1.80. The first-order chi connectivity index (χ1) is 21.9. The summed E-state index contributed by atoms with van der Waals surface area (Å²) in [6, 6.07) is 21.8. The Balaban J connectivity index is 0.00000417. The molecular formula is C32H28KN3O6S4. The number of aromatic nitrogens is 1. The molecule has 46 heavy (non-hydrogen) atoms. The molecule has 0 aliphatic carbocycles. The van der Waals surface area contributed by atoms with Gasteiger partial charge >= 0.3 is 63.3 Å². The van der Waals surface area contributed by atoms with Crippen molar-refractivity contribution in [3.8, 4) is 0 Å². The van der Waals surface area contributed by atoms with Crippen LogP contribution in [0.2, 0.25) is 0 Å². The van der Waals surface area contributed by atoms with E-state index < -0.39 is 29.5 Å². The second-order valence-corrected chi connectivity index (χ2v) is 14.5. The third-order valence-electron chi connectivity index (χ3n) is 7.12. The van der Waals surface area contributed by atoms with Crippen LogP contribution >= 0.6 is 46.2 Å². The Kier molecular flexibility index (Phi) is 12.4. The van der Waals surface area contributed by atoms with Crippen molar-refractivity contribution in [1.82, 2.24) is 15.2 Å². The van der Waals surface area contributed by atoms with Crippen LogP contribution in [0.4, 0.5) is 0 Å². The third-order valence-corrected chi connectivity index (χ3v) is 11.5. The van der Waals surface area contributed by atoms with Gasteiger partial charge in [-0.05, 0) is 22.6 Å². The number of hydrogen-bond donors (Lipinski definition) is 2. The summed E-state index contributed by atoms with van der Waals surface area (Å²) >= 11 is 5.56. The molecule has 0 radical (unpaired) electrons. The Morgan fingerprint density at radius 1 is 1.02 bits per heavy atom. The van der Waals surface area contributed by atoms with E-state index in [0.717, 1.165) is 16.0 Å². The molecule has 2 aromatic carbocycles. The van der Waals surface area contributed by atoms with E-state index >= 15 is 0 Å². The maximum absolute atomic E-state index is 14.1. The number of rotatable bonds is 12. The first-order valence-corrected chi connectivity index (χ1v) is 17.6. The number of amides is 2. The van der Waals surface area contributed by atoms with Crippen molar-refractivity contribution >= 4 is 121 Å². The number of β-lactam (4-membered cyclic amide) rings is 1. The number of esters is 1. The van der Waals surface area contributed by atoms with Crippen LogP contribution in [0.25, 0.3) is 0 Å². The van der Waals surface area contributed by atoms with Gasteiger partial charge in [0.25, 0.3) is 5.91 Å². The Morgan fingerprint density at radius 2 is 1.72 bits per heavy atom. The molecule has 9 nitrogen and oxygen atoms in total. The first kappa shape index (κ1) is 35.0. The van der Waals surface area contributed by atoms with E-state index in [2.05, 4.69) is 10.3 Å². The zero-order valence-corrected chi connectivity index (χ0v) is 26.9. The van der Waals surface area contributed by atoms with E-state index in [1.807, 2.05) is 78.2 Å². The topological polar surface area (TPSA) is 126 Å². The van der Waals surface area contributed by atoms with Crippen LogP contribution in [-0.2, 0) is 36.8 Å². The van der Waals surface area contributed by atoms with Gasteiger partial charge in [-0.15, -0.1) is 34.4 Å². The summed E-state index contributed by atoms with van der Waals surface area (Å²) in [5, 5.41) is 15.1. The van der Waals surface area contributed by atoms with Gasteiger partial charge in [0.05, 0.1) is 18.5 Å². The van der Waals surface area contributed by atoms with Gasteiger partial charge in [0, 0.05) is 27.3 Å². The van der Waals surface area contributed by atoms with Gasteiger partial charge in [0.1, 0.15) is 17.1 Å². The van der Waals surface area contributed by atoms with E-state index in [1.54, 1.807) is 5.38 Å². The van der Waals surface area contributed by atoms with Gasteiger partial charge in [-0.2, -0.15) is 0 Å². The summed E-state index contributed by atoms with van der Waals surface area (Å²) in [5.41, 5.74) is 2.35. The van der Waals surface area contributed by atoms with Crippen LogP contribution in [0.1, 0.15) is 34.2 Å². The number of fused-ring (bicyclic) bond motifs is 1. The van der Waals surface area contributed by atoms with Crippen LogP contribution in [0.3, 0.4) is 0 Å². The molecule has 6 rings (SSSR count). The molecule has 1 fully saturated rings. The standard InChI is InChI=1S/C32H27N3O6S4.K.H/c36-24(16-22-12-7-15-42-22)34-26-29(39)35-27(23(18-43-30(26)35)45-32-33-21(17-44-32)13-14-25(37)38)31(40)41-28(19-8-3-1-4-9-19)20-10-5-2-6-11-20;;/h1-12,15,17,26,28,30H,13-14,16,18H2,(H,34,36)(H,37,38);;/t26-,30-;;/m1../s1. The second kappa shape index (κ2) is 16.2. The number of aliphatic carboxylic acids is 1. The number of carbonyl (C=O) groups is 4. The molecule has 2 aliphatic rings. The Labute approximate surface area is 324 Å². The molecule has 232 valence electrons.